The molecule has 0 bridgehead atoms. The number of aliphatic imine (C=N–C) groups is 1. The van der Waals surface area contributed by atoms with E-state index >= 15 is 0 Å². The SMILES string of the molecule is CN1C(=O)[C@H](C2CCC2)[C@@](C)(c2cc(Br)cs2)N=C1N. The Balaban J connectivity index is 2.10. The highest BCUT2D eigenvalue weighted by Gasteiger charge is 2.51. The second-order valence-electron chi connectivity index (χ2n) is 5.81. The first kappa shape index (κ1) is 14.1. The molecule has 1 saturated carbocycles. The summed E-state index contributed by atoms with van der Waals surface area (Å²) in [6, 6.07) is 2.06. The van der Waals surface area contributed by atoms with Crippen LogP contribution in [0.15, 0.2) is 20.9 Å². The van der Waals surface area contributed by atoms with E-state index in [4.69, 9.17) is 10.7 Å². The molecule has 1 fully saturated rings. The van der Waals surface area contributed by atoms with E-state index in [1.165, 1.54) is 11.3 Å². The van der Waals surface area contributed by atoms with Crippen molar-refractivity contribution in [2.45, 2.75) is 31.7 Å². The zero-order valence-corrected chi connectivity index (χ0v) is 14.0. The lowest BCUT2D eigenvalue weighted by atomic mass is 9.66. The van der Waals surface area contributed by atoms with Crippen LogP contribution in [0.1, 0.15) is 31.1 Å². The van der Waals surface area contributed by atoms with Crippen molar-refractivity contribution in [2.24, 2.45) is 22.6 Å². The van der Waals surface area contributed by atoms with Crippen molar-refractivity contribution in [2.75, 3.05) is 7.05 Å². The average molecular weight is 356 g/mol. The van der Waals surface area contributed by atoms with Crippen molar-refractivity contribution in [1.82, 2.24) is 4.90 Å². The molecule has 2 N–H and O–H groups in total. The highest BCUT2D eigenvalue weighted by molar-refractivity contribution is 9.10. The summed E-state index contributed by atoms with van der Waals surface area (Å²) in [6.45, 7) is 2.05. The fourth-order valence-electron chi connectivity index (χ4n) is 3.17. The number of nitrogens with two attached hydrogens (primary N) is 1. The number of nitrogens with zero attached hydrogens (tertiary/aromatic N) is 2. The average Bonchev–Trinajstić information content (AvgIpc) is 2.77. The van der Waals surface area contributed by atoms with E-state index in [0.29, 0.717) is 11.9 Å². The van der Waals surface area contributed by atoms with Crippen molar-refractivity contribution in [3.63, 3.8) is 0 Å². The number of halogens is 1. The van der Waals surface area contributed by atoms with E-state index in [9.17, 15) is 4.79 Å². The van der Waals surface area contributed by atoms with Crippen LogP contribution in [-0.4, -0.2) is 23.8 Å². The maximum atomic E-state index is 12.7. The molecule has 2 atom stereocenters. The Morgan fingerprint density at radius 1 is 1.55 bits per heavy atom. The normalized spacial score (nSPS) is 31.1. The molecule has 0 aromatic carbocycles. The van der Waals surface area contributed by atoms with Gasteiger partial charge in [-0.05, 0) is 47.7 Å². The third-order valence-corrected chi connectivity index (χ3v) is 6.50. The smallest absolute Gasteiger partial charge is 0.235 e. The molecule has 0 radical (unpaired) electrons. The Hall–Kier alpha value is -0.880. The van der Waals surface area contributed by atoms with Crippen LogP contribution in [0.2, 0.25) is 0 Å². The monoisotopic (exact) mass is 355 g/mol. The van der Waals surface area contributed by atoms with Gasteiger partial charge in [0.2, 0.25) is 5.91 Å². The van der Waals surface area contributed by atoms with E-state index in [1.807, 2.05) is 12.3 Å². The van der Waals surface area contributed by atoms with Gasteiger partial charge in [0.25, 0.3) is 0 Å². The van der Waals surface area contributed by atoms with Gasteiger partial charge >= 0.3 is 0 Å². The van der Waals surface area contributed by atoms with Gasteiger partial charge in [-0.1, -0.05) is 6.42 Å². The first-order chi connectivity index (χ1) is 9.43. The van der Waals surface area contributed by atoms with E-state index in [0.717, 1.165) is 22.2 Å². The third kappa shape index (κ3) is 2.00. The van der Waals surface area contributed by atoms with Crippen LogP contribution in [-0.2, 0) is 10.3 Å². The molecule has 0 unspecified atom stereocenters. The molecule has 1 amide bonds. The minimum Gasteiger partial charge on any atom is -0.369 e. The van der Waals surface area contributed by atoms with Crippen LogP contribution in [0.3, 0.4) is 0 Å². The van der Waals surface area contributed by atoms with Crippen LogP contribution in [0.5, 0.6) is 0 Å². The number of carbonyl (C=O) groups excluding carboxylic acids is 1. The standard InChI is InChI=1S/C14H18BrN3OS/c1-14(10-6-9(15)7-20-10)11(8-4-3-5-8)12(19)18(2)13(16)17-14/h6-8,11H,3-5H2,1-2H3,(H2,16,17)/t11-,14+/m0/s1. The van der Waals surface area contributed by atoms with Gasteiger partial charge in [0.15, 0.2) is 5.96 Å². The number of carbonyl (C=O) groups is 1. The fourth-order valence-corrected chi connectivity index (χ4v) is 4.74. The molecular formula is C14H18BrN3OS. The summed E-state index contributed by atoms with van der Waals surface area (Å²) >= 11 is 5.12. The lowest BCUT2D eigenvalue weighted by Gasteiger charge is -2.46. The molecule has 1 aliphatic carbocycles. The summed E-state index contributed by atoms with van der Waals surface area (Å²) in [5.41, 5.74) is 5.43. The molecule has 6 heteroatoms. The molecule has 2 aliphatic rings. The quantitative estimate of drug-likeness (QED) is 0.886. The molecule has 0 spiro atoms. The van der Waals surface area contributed by atoms with Crippen molar-refractivity contribution >= 4 is 39.1 Å². The van der Waals surface area contributed by atoms with Crippen molar-refractivity contribution < 1.29 is 4.79 Å². The first-order valence-corrected chi connectivity index (χ1v) is 8.48. The van der Waals surface area contributed by atoms with Crippen LogP contribution in [0.4, 0.5) is 0 Å². The zero-order chi connectivity index (χ0) is 14.5. The predicted molar refractivity (Wildman–Crippen MR) is 84.6 cm³/mol. The van der Waals surface area contributed by atoms with Gasteiger partial charge in [0, 0.05) is 21.8 Å². The lowest BCUT2D eigenvalue weighted by molar-refractivity contribution is -0.138. The van der Waals surface area contributed by atoms with Gasteiger partial charge in [-0.15, -0.1) is 11.3 Å². The van der Waals surface area contributed by atoms with Crippen LogP contribution in [0, 0.1) is 11.8 Å². The molecule has 3 rings (SSSR count). The van der Waals surface area contributed by atoms with Gasteiger partial charge in [-0.3, -0.25) is 9.69 Å². The highest BCUT2D eigenvalue weighted by Crippen LogP contribution is 2.49. The molecule has 20 heavy (non-hydrogen) atoms. The van der Waals surface area contributed by atoms with E-state index in [1.54, 1.807) is 18.4 Å². The largest absolute Gasteiger partial charge is 0.369 e. The highest BCUT2D eigenvalue weighted by atomic mass is 79.9. The Morgan fingerprint density at radius 2 is 2.25 bits per heavy atom. The van der Waals surface area contributed by atoms with Crippen molar-refractivity contribution in [3.05, 3.63) is 20.8 Å². The van der Waals surface area contributed by atoms with Gasteiger partial charge in [0.05, 0.1) is 5.92 Å². The van der Waals surface area contributed by atoms with E-state index in [2.05, 4.69) is 22.0 Å². The molecular weight excluding hydrogens is 338 g/mol. The summed E-state index contributed by atoms with van der Waals surface area (Å²) in [7, 11) is 1.72. The van der Waals surface area contributed by atoms with Crippen molar-refractivity contribution in [1.29, 1.82) is 0 Å². The molecule has 108 valence electrons. The topological polar surface area (TPSA) is 58.7 Å². The maximum Gasteiger partial charge on any atom is 0.235 e. The van der Waals surface area contributed by atoms with Gasteiger partial charge in [-0.2, -0.15) is 0 Å². The summed E-state index contributed by atoms with van der Waals surface area (Å²) in [6.07, 6.45) is 3.44. The summed E-state index contributed by atoms with van der Waals surface area (Å²) in [4.78, 5) is 20.0. The maximum absolute atomic E-state index is 12.7. The third-order valence-electron chi connectivity index (χ3n) is 4.58. The predicted octanol–water partition coefficient (Wildman–Crippen LogP) is 2.93. The second-order valence-corrected chi connectivity index (χ2v) is 7.64. The van der Waals surface area contributed by atoms with Gasteiger partial charge < -0.3 is 5.73 Å². The fraction of sp³-hybridized carbons (Fsp3) is 0.571. The van der Waals surface area contributed by atoms with Crippen molar-refractivity contribution in [3.8, 4) is 0 Å². The Morgan fingerprint density at radius 3 is 2.75 bits per heavy atom. The van der Waals surface area contributed by atoms with Crippen LogP contribution in [0.25, 0.3) is 0 Å². The number of guanidine groups is 1. The van der Waals surface area contributed by atoms with Crippen LogP contribution < -0.4 is 5.73 Å². The number of amides is 1. The first-order valence-electron chi connectivity index (χ1n) is 6.81. The summed E-state index contributed by atoms with van der Waals surface area (Å²) in [5.74, 6) is 0.749. The minimum atomic E-state index is -0.532. The molecule has 1 aromatic rings. The summed E-state index contributed by atoms with van der Waals surface area (Å²) in [5, 5.41) is 2.03. The zero-order valence-electron chi connectivity index (χ0n) is 11.6. The molecule has 1 aliphatic heterocycles. The lowest BCUT2D eigenvalue weighted by Crippen LogP contribution is -2.56. The second kappa shape index (κ2) is 4.84. The molecule has 1 aromatic heterocycles. The molecule has 4 nitrogen and oxygen atoms in total. The number of rotatable bonds is 2. The summed E-state index contributed by atoms with van der Waals surface area (Å²) < 4.78 is 1.03. The molecule has 2 heterocycles. The van der Waals surface area contributed by atoms with Gasteiger partial charge in [0.1, 0.15) is 5.54 Å². The van der Waals surface area contributed by atoms with E-state index < -0.39 is 5.54 Å². The molecule has 0 saturated heterocycles. The Labute approximate surface area is 131 Å². The Kier molecular flexibility index (Phi) is 3.41. The number of hydrogen-bond acceptors (Lipinski definition) is 4. The van der Waals surface area contributed by atoms with Gasteiger partial charge in [-0.25, -0.2) is 4.99 Å². The number of thiophene rings is 1. The number of hydrogen-bond donors (Lipinski definition) is 1. The Bertz CT molecular complexity index is 581. The van der Waals surface area contributed by atoms with Crippen LogP contribution >= 0.6 is 27.3 Å². The van der Waals surface area contributed by atoms with E-state index in [-0.39, 0.29) is 11.8 Å². The minimum absolute atomic E-state index is 0.0981.